The molecule has 2 fully saturated rings. The van der Waals surface area contributed by atoms with Gasteiger partial charge in [0.15, 0.2) is 0 Å². The zero-order valence-electron chi connectivity index (χ0n) is 13.6. The van der Waals surface area contributed by atoms with Gasteiger partial charge in [0.1, 0.15) is 0 Å². The SMILES string of the molecule is CCCN(CC(=O)N1CCOC(C)C1)CC1CCNCC1. The van der Waals surface area contributed by atoms with Crippen molar-refractivity contribution in [1.29, 1.82) is 0 Å². The zero-order chi connectivity index (χ0) is 15.1. The van der Waals surface area contributed by atoms with Crippen LogP contribution in [0.1, 0.15) is 33.1 Å². The van der Waals surface area contributed by atoms with Gasteiger partial charge in [0.05, 0.1) is 19.3 Å². The van der Waals surface area contributed by atoms with Crippen molar-refractivity contribution in [1.82, 2.24) is 15.1 Å². The number of carbonyl (C=O) groups is 1. The van der Waals surface area contributed by atoms with Crippen LogP contribution in [0, 0.1) is 5.92 Å². The molecule has 2 saturated heterocycles. The van der Waals surface area contributed by atoms with E-state index in [0.29, 0.717) is 13.2 Å². The Kier molecular flexibility index (Phi) is 6.93. The normalized spacial score (nSPS) is 24.5. The third-order valence-electron chi connectivity index (χ3n) is 4.47. The molecule has 1 N–H and O–H groups in total. The van der Waals surface area contributed by atoms with Crippen LogP contribution in [0.5, 0.6) is 0 Å². The van der Waals surface area contributed by atoms with Crippen molar-refractivity contribution >= 4 is 5.91 Å². The van der Waals surface area contributed by atoms with Crippen molar-refractivity contribution in [3.05, 3.63) is 0 Å². The standard InChI is InChI=1S/C16H31N3O2/c1-3-8-18(12-15-4-6-17-7-5-15)13-16(20)19-9-10-21-14(2)11-19/h14-15,17H,3-13H2,1-2H3. The lowest BCUT2D eigenvalue weighted by Crippen LogP contribution is -2.49. The fraction of sp³-hybridized carbons (Fsp3) is 0.938. The number of carbonyl (C=O) groups excluding carboxylic acids is 1. The van der Waals surface area contributed by atoms with Gasteiger partial charge in [0.2, 0.25) is 5.91 Å². The number of morpholine rings is 1. The smallest absolute Gasteiger partial charge is 0.236 e. The molecule has 0 spiro atoms. The van der Waals surface area contributed by atoms with Crippen LogP contribution >= 0.6 is 0 Å². The summed E-state index contributed by atoms with van der Waals surface area (Å²) in [7, 11) is 0. The lowest BCUT2D eigenvalue weighted by atomic mass is 9.97. The molecule has 2 heterocycles. The number of nitrogens with one attached hydrogen (secondary N) is 1. The quantitative estimate of drug-likeness (QED) is 0.793. The van der Waals surface area contributed by atoms with E-state index < -0.39 is 0 Å². The summed E-state index contributed by atoms with van der Waals surface area (Å²) < 4.78 is 5.52. The van der Waals surface area contributed by atoms with Crippen LogP contribution in [-0.2, 0) is 9.53 Å². The van der Waals surface area contributed by atoms with Gasteiger partial charge in [0, 0.05) is 19.6 Å². The van der Waals surface area contributed by atoms with E-state index in [1.807, 2.05) is 11.8 Å². The van der Waals surface area contributed by atoms with Gasteiger partial charge in [-0.2, -0.15) is 0 Å². The summed E-state index contributed by atoms with van der Waals surface area (Å²) in [5, 5.41) is 3.41. The topological polar surface area (TPSA) is 44.8 Å². The molecule has 0 aliphatic carbocycles. The molecule has 0 saturated carbocycles. The highest BCUT2D eigenvalue weighted by atomic mass is 16.5. The largest absolute Gasteiger partial charge is 0.375 e. The molecule has 0 aromatic rings. The van der Waals surface area contributed by atoms with Crippen LogP contribution < -0.4 is 5.32 Å². The molecule has 0 aromatic carbocycles. The van der Waals surface area contributed by atoms with Crippen LogP contribution in [0.15, 0.2) is 0 Å². The van der Waals surface area contributed by atoms with E-state index in [2.05, 4.69) is 17.1 Å². The number of rotatable bonds is 6. The zero-order valence-corrected chi connectivity index (χ0v) is 13.6. The first kappa shape index (κ1) is 16.7. The first-order chi connectivity index (χ1) is 10.2. The van der Waals surface area contributed by atoms with Crippen molar-refractivity contribution in [2.45, 2.75) is 39.2 Å². The van der Waals surface area contributed by atoms with E-state index in [4.69, 9.17) is 4.74 Å². The molecule has 1 atom stereocenters. The van der Waals surface area contributed by atoms with E-state index in [1.54, 1.807) is 0 Å². The molecule has 2 rings (SSSR count). The summed E-state index contributed by atoms with van der Waals surface area (Å²) in [5.74, 6) is 1.02. The minimum atomic E-state index is 0.173. The number of piperidine rings is 1. The Morgan fingerprint density at radius 1 is 1.38 bits per heavy atom. The average Bonchev–Trinajstić information content (AvgIpc) is 2.48. The van der Waals surface area contributed by atoms with Crippen molar-refractivity contribution in [2.75, 3.05) is 52.4 Å². The molecule has 0 radical (unpaired) electrons. The second-order valence-corrected chi connectivity index (χ2v) is 6.45. The Labute approximate surface area is 129 Å². The number of hydrogen-bond acceptors (Lipinski definition) is 4. The Bertz CT molecular complexity index is 319. The highest BCUT2D eigenvalue weighted by Gasteiger charge is 2.24. The number of nitrogens with zero attached hydrogens (tertiary/aromatic N) is 2. The summed E-state index contributed by atoms with van der Waals surface area (Å²) in [5.41, 5.74) is 0. The van der Waals surface area contributed by atoms with Gasteiger partial charge in [-0.25, -0.2) is 0 Å². The average molecular weight is 297 g/mol. The molecule has 5 heteroatoms. The minimum Gasteiger partial charge on any atom is -0.375 e. The van der Waals surface area contributed by atoms with Gasteiger partial charge in [-0.1, -0.05) is 6.92 Å². The fourth-order valence-electron chi connectivity index (χ4n) is 3.32. The van der Waals surface area contributed by atoms with E-state index in [-0.39, 0.29) is 12.0 Å². The van der Waals surface area contributed by atoms with Crippen LogP contribution in [0.25, 0.3) is 0 Å². The molecule has 2 aliphatic rings. The lowest BCUT2D eigenvalue weighted by molar-refractivity contribution is -0.139. The van der Waals surface area contributed by atoms with Gasteiger partial charge in [0.25, 0.3) is 0 Å². The summed E-state index contributed by atoms with van der Waals surface area (Å²) >= 11 is 0. The van der Waals surface area contributed by atoms with Crippen molar-refractivity contribution in [3.8, 4) is 0 Å². The van der Waals surface area contributed by atoms with Crippen molar-refractivity contribution in [2.24, 2.45) is 5.92 Å². The third-order valence-corrected chi connectivity index (χ3v) is 4.47. The van der Waals surface area contributed by atoms with E-state index >= 15 is 0 Å². The molecule has 1 amide bonds. The second kappa shape index (κ2) is 8.71. The minimum absolute atomic E-state index is 0.173. The maximum absolute atomic E-state index is 12.5. The van der Waals surface area contributed by atoms with Crippen molar-refractivity contribution in [3.63, 3.8) is 0 Å². The molecule has 0 aromatic heterocycles. The third kappa shape index (κ3) is 5.57. The Morgan fingerprint density at radius 2 is 2.14 bits per heavy atom. The van der Waals surface area contributed by atoms with E-state index in [1.165, 1.54) is 12.8 Å². The molecule has 0 bridgehead atoms. The molecule has 5 nitrogen and oxygen atoms in total. The van der Waals surface area contributed by atoms with Crippen molar-refractivity contribution < 1.29 is 9.53 Å². The predicted molar refractivity (Wildman–Crippen MR) is 84.3 cm³/mol. The Hall–Kier alpha value is -0.650. The highest BCUT2D eigenvalue weighted by molar-refractivity contribution is 5.78. The summed E-state index contributed by atoms with van der Waals surface area (Å²) in [6, 6.07) is 0. The van der Waals surface area contributed by atoms with Crippen LogP contribution in [0.2, 0.25) is 0 Å². The van der Waals surface area contributed by atoms with Gasteiger partial charge >= 0.3 is 0 Å². The van der Waals surface area contributed by atoms with Crippen LogP contribution in [0.3, 0.4) is 0 Å². The number of ether oxygens (including phenoxy) is 1. The summed E-state index contributed by atoms with van der Waals surface area (Å²) in [6.45, 7) is 11.3. The molecule has 21 heavy (non-hydrogen) atoms. The van der Waals surface area contributed by atoms with Gasteiger partial charge < -0.3 is 15.0 Å². The highest BCUT2D eigenvalue weighted by Crippen LogP contribution is 2.14. The first-order valence-electron chi connectivity index (χ1n) is 8.51. The predicted octanol–water partition coefficient (Wildman–Crippen LogP) is 0.945. The fourth-order valence-corrected chi connectivity index (χ4v) is 3.32. The van der Waals surface area contributed by atoms with Crippen LogP contribution in [0.4, 0.5) is 0 Å². The first-order valence-corrected chi connectivity index (χ1v) is 8.51. The summed E-state index contributed by atoms with van der Waals surface area (Å²) in [6.07, 6.45) is 3.76. The maximum atomic E-state index is 12.5. The molecule has 1 unspecified atom stereocenters. The second-order valence-electron chi connectivity index (χ2n) is 6.45. The Morgan fingerprint density at radius 3 is 2.81 bits per heavy atom. The van der Waals surface area contributed by atoms with E-state index in [9.17, 15) is 4.79 Å². The van der Waals surface area contributed by atoms with Gasteiger partial charge in [-0.05, 0) is 51.7 Å². The Balaban J connectivity index is 1.81. The molecule has 122 valence electrons. The maximum Gasteiger partial charge on any atom is 0.236 e. The van der Waals surface area contributed by atoms with Gasteiger partial charge in [-0.3, -0.25) is 9.69 Å². The molecular weight excluding hydrogens is 266 g/mol. The number of amides is 1. The summed E-state index contributed by atoms with van der Waals surface area (Å²) in [4.78, 5) is 16.8. The van der Waals surface area contributed by atoms with Crippen LogP contribution in [-0.4, -0.2) is 74.2 Å². The lowest BCUT2D eigenvalue weighted by Gasteiger charge is -2.34. The van der Waals surface area contributed by atoms with E-state index in [0.717, 1.165) is 51.6 Å². The number of hydrogen-bond donors (Lipinski definition) is 1. The molecule has 2 aliphatic heterocycles. The molecular formula is C16H31N3O2. The monoisotopic (exact) mass is 297 g/mol. The van der Waals surface area contributed by atoms with Gasteiger partial charge in [-0.15, -0.1) is 0 Å².